The van der Waals surface area contributed by atoms with E-state index < -0.39 is 5.91 Å². The monoisotopic (exact) mass is 130 g/mol. The average Bonchev–Trinajstić information content (AvgIpc) is 1.36. The maximum absolute atomic E-state index is 9.76. The van der Waals surface area contributed by atoms with Gasteiger partial charge in [0.1, 0.15) is 0 Å². The number of carbonyl (C=O) groups excluding carboxylic acids is 1. The van der Waals surface area contributed by atoms with Crippen molar-refractivity contribution >= 4 is 5.91 Å². The summed E-state index contributed by atoms with van der Waals surface area (Å²) in [7, 11) is 0. The Morgan fingerprint density at radius 2 is 2.17 bits per heavy atom. The van der Waals surface area contributed by atoms with Crippen molar-refractivity contribution in [3.63, 3.8) is 0 Å². The van der Waals surface area contributed by atoms with E-state index in [1.54, 1.807) is 0 Å². The van der Waals surface area contributed by atoms with Crippen molar-refractivity contribution in [2.75, 3.05) is 0 Å². The molecule has 1 amide bonds. The van der Waals surface area contributed by atoms with Gasteiger partial charge in [0.05, 0.1) is 0 Å². The summed E-state index contributed by atoms with van der Waals surface area (Å²) in [5.74, 6) is -0.463. The van der Waals surface area contributed by atoms with E-state index in [1.807, 2.05) is 0 Å². The summed E-state index contributed by atoms with van der Waals surface area (Å²) >= 11 is 2.88. The molecule has 0 aromatic heterocycles. The molecule has 0 saturated carbocycles. The van der Waals surface area contributed by atoms with Crippen LogP contribution in [0.5, 0.6) is 0 Å². The number of carbonyl (C=O) groups is 1. The molecule has 0 rings (SSSR count). The summed E-state index contributed by atoms with van der Waals surface area (Å²) in [5, 5.41) is 8.00. The zero-order valence-electron chi connectivity index (χ0n) is 3.16. The van der Waals surface area contributed by atoms with Gasteiger partial charge in [-0.1, -0.05) is 0 Å². The van der Waals surface area contributed by atoms with Crippen LogP contribution in [0.15, 0.2) is 0 Å². The zero-order chi connectivity index (χ0) is 5.15. The molecule has 0 aliphatic carbocycles. The van der Waals surface area contributed by atoms with E-state index in [0.717, 1.165) is 0 Å². The number of rotatable bonds is 0. The van der Waals surface area contributed by atoms with Gasteiger partial charge in [0, 0.05) is 0 Å². The minimum absolute atomic E-state index is 0.278. The van der Waals surface area contributed by atoms with Crippen LogP contribution in [0, 0.1) is 0 Å². The summed E-state index contributed by atoms with van der Waals surface area (Å²) < 4.78 is 0.278. The first kappa shape index (κ1) is 5.95. The third-order valence-electron chi connectivity index (χ3n) is 0.252. The normalized spacial score (nSPS) is 7.83. The van der Waals surface area contributed by atoms with Crippen LogP contribution in [-0.4, -0.2) is 15.2 Å². The van der Waals surface area contributed by atoms with Gasteiger partial charge in [-0.05, 0) is 0 Å². The molecule has 0 radical (unpaired) electrons. The van der Waals surface area contributed by atoms with Gasteiger partial charge in [-0.3, -0.25) is 0 Å². The molecule has 1 N–H and O–H groups in total. The van der Waals surface area contributed by atoms with E-state index in [4.69, 9.17) is 5.21 Å². The summed E-state index contributed by atoms with van der Waals surface area (Å²) in [6.07, 6.45) is 0. The predicted octanol–water partition coefficient (Wildman–Crippen LogP) is -0.314. The molecule has 0 aromatic carbocycles. The molecular formula is C2H4FeNO2. The van der Waals surface area contributed by atoms with Gasteiger partial charge in [0.2, 0.25) is 0 Å². The standard InChI is InChI=1S/C2H5NO2.Fe/c1-2(4)3-5;/h1H3,(H2,3,4,5);/q;+1/p-1. The Hall–Kier alpha value is -0.0505. The molecule has 0 spiro atoms. The van der Waals surface area contributed by atoms with Gasteiger partial charge in [-0.15, -0.1) is 0 Å². The van der Waals surface area contributed by atoms with Crippen molar-refractivity contribution in [2.45, 2.75) is 6.92 Å². The Bertz CT molecular complexity index is 62.6. The second-order valence-electron chi connectivity index (χ2n) is 0.769. The summed E-state index contributed by atoms with van der Waals surface area (Å²) in [4.78, 5) is 9.76. The second kappa shape index (κ2) is 2.18. The predicted molar refractivity (Wildman–Crippen MR) is 14.3 cm³/mol. The third kappa shape index (κ3) is 2.20. The van der Waals surface area contributed by atoms with Gasteiger partial charge in [0.15, 0.2) is 0 Å². The van der Waals surface area contributed by atoms with Crippen LogP contribution in [0.3, 0.4) is 0 Å². The average molecular weight is 130 g/mol. The van der Waals surface area contributed by atoms with Crippen LogP contribution < -0.4 is 0 Å². The van der Waals surface area contributed by atoms with Gasteiger partial charge in [0.25, 0.3) is 0 Å². The molecule has 0 fully saturated rings. The van der Waals surface area contributed by atoms with Crippen molar-refractivity contribution in [3.8, 4) is 0 Å². The van der Waals surface area contributed by atoms with Gasteiger partial charge in [-0.2, -0.15) is 0 Å². The molecule has 37 valence electrons. The summed E-state index contributed by atoms with van der Waals surface area (Å²) in [6, 6.07) is 0. The van der Waals surface area contributed by atoms with Crippen molar-refractivity contribution in [1.29, 1.82) is 0 Å². The summed E-state index contributed by atoms with van der Waals surface area (Å²) in [5.41, 5.74) is 0. The van der Waals surface area contributed by atoms with E-state index in [0.29, 0.717) is 0 Å². The molecule has 3 nitrogen and oxygen atoms in total. The third-order valence-corrected chi connectivity index (χ3v) is 0.600. The molecule has 0 atom stereocenters. The fraction of sp³-hybridized carbons (Fsp3) is 0.500. The SMILES string of the molecule is CC(=O)[N](O)[Fe]. The molecule has 0 unspecified atom stereocenters. The van der Waals surface area contributed by atoms with Crippen molar-refractivity contribution < 1.29 is 26.2 Å². The Labute approximate surface area is 43.9 Å². The van der Waals surface area contributed by atoms with Crippen LogP contribution in [0.2, 0.25) is 0 Å². The van der Waals surface area contributed by atoms with Crippen LogP contribution in [-0.2, 0) is 21.0 Å². The first-order chi connectivity index (χ1) is 2.64. The molecule has 0 bridgehead atoms. The van der Waals surface area contributed by atoms with Gasteiger partial charge >= 0.3 is 43.1 Å². The molecule has 0 aliphatic rings. The summed E-state index contributed by atoms with van der Waals surface area (Å²) in [6.45, 7) is 1.22. The molecule has 4 heteroatoms. The molecule has 0 aliphatic heterocycles. The quantitative estimate of drug-likeness (QED) is 0.277. The first-order valence-electron chi connectivity index (χ1n) is 1.29. The Kier molecular flexibility index (Phi) is 2.16. The minimum atomic E-state index is -0.463. The number of nitrogens with zero attached hydrogens (tertiary/aromatic N) is 1. The zero-order valence-corrected chi connectivity index (χ0v) is 4.26. The number of hydrogen-bond acceptors (Lipinski definition) is 2. The topological polar surface area (TPSA) is 40.5 Å². The van der Waals surface area contributed by atoms with Gasteiger partial charge in [-0.25, -0.2) is 0 Å². The van der Waals surface area contributed by atoms with E-state index in [1.165, 1.54) is 6.92 Å². The van der Waals surface area contributed by atoms with E-state index >= 15 is 0 Å². The molecule has 0 saturated heterocycles. The molecule has 0 aromatic rings. The van der Waals surface area contributed by atoms with Crippen LogP contribution >= 0.6 is 0 Å². The molecule has 6 heavy (non-hydrogen) atoms. The van der Waals surface area contributed by atoms with Crippen molar-refractivity contribution in [3.05, 3.63) is 0 Å². The van der Waals surface area contributed by atoms with E-state index in [2.05, 4.69) is 16.2 Å². The number of hydroxylamine groups is 1. The van der Waals surface area contributed by atoms with Crippen molar-refractivity contribution in [2.24, 2.45) is 0 Å². The number of hydrogen-bond donors (Lipinski definition) is 1. The van der Waals surface area contributed by atoms with Gasteiger partial charge < -0.3 is 0 Å². The van der Waals surface area contributed by atoms with Crippen LogP contribution in [0.1, 0.15) is 6.92 Å². The second-order valence-corrected chi connectivity index (χ2v) is 1.24. The van der Waals surface area contributed by atoms with Crippen LogP contribution in [0.4, 0.5) is 0 Å². The Morgan fingerprint density at radius 1 is 2.00 bits per heavy atom. The fourth-order valence-corrected chi connectivity index (χ4v) is 0. The van der Waals surface area contributed by atoms with E-state index in [-0.39, 0.29) is 4.08 Å². The fourth-order valence-electron chi connectivity index (χ4n) is 0. The van der Waals surface area contributed by atoms with E-state index in [9.17, 15) is 4.79 Å². The Balaban J connectivity index is 3.26. The molecular weight excluding hydrogens is 126 g/mol. The van der Waals surface area contributed by atoms with Crippen molar-refractivity contribution in [1.82, 2.24) is 4.08 Å². The number of amides is 1. The maximum atomic E-state index is 9.76. The Morgan fingerprint density at radius 3 is 2.17 bits per heavy atom. The van der Waals surface area contributed by atoms with Crippen LogP contribution in [0.25, 0.3) is 0 Å². The first-order valence-corrected chi connectivity index (χ1v) is 1.78. The molecule has 0 heterocycles.